The van der Waals surface area contributed by atoms with Crippen LogP contribution in [0.25, 0.3) is 0 Å². The van der Waals surface area contributed by atoms with Crippen molar-refractivity contribution >= 4 is 17.7 Å². The number of rotatable bonds is 5. The molecule has 3 rings (SSSR count). The van der Waals surface area contributed by atoms with Crippen molar-refractivity contribution in [3.05, 3.63) is 84.4 Å². The van der Waals surface area contributed by atoms with Crippen LogP contribution < -0.4 is 10.5 Å². The molecule has 0 aromatic heterocycles. The van der Waals surface area contributed by atoms with Crippen molar-refractivity contribution in [2.24, 2.45) is 5.73 Å². The van der Waals surface area contributed by atoms with Crippen molar-refractivity contribution in [3.63, 3.8) is 0 Å². The van der Waals surface area contributed by atoms with E-state index in [4.69, 9.17) is 10.5 Å². The van der Waals surface area contributed by atoms with Gasteiger partial charge in [-0.3, -0.25) is 4.79 Å². The van der Waals surface area contributed by atoms with Crippen LogP contribution in [-0.4, -0.2) is 5.91 Å². The Labute approximate surface area is 139 Å². The van der Waals surface area contributed by atoms with E-state index < -0.39 is 5.91 Å². The number of benzene rings is 3. The maximum Gasteiger partial charge on any atom is 0.252 e. The van der Waals surface area contributed by atoms with Crippen molar-refractivity contribution in [1.29, 1.82) is 0 Å². The summed E-state index contributed by atoms with van der Waals surface area (Å²) in [4.78, 5) is 13.6. The molecule has 0 saturated carbocycles. The van der Waals surface area contributed by atoms with Gasteiger partial charge in [0.05, 0.1) is 10.5 Å². The zero-order valence-electron chi connectivity index (χ0n) is 12.3. The van der Waals surface area contributed by atoms with E-state index in [-0.39, 0.29) is 0 Å². The second-order valence-corrected chi connectivity index (χ2v) is 5.94. The zero-order chi connectivity index (χ0) is 16.1. The van der Waals surface area contributed by atoms with Gasteiger partial charge in [-0.15, -0.1) is 0 Å². The molecular formula is C19H15NO2S. The first-order valence-electron chi connectivity index (χ1n) is 7.12. The second kappa shape index (κ2) is 7.03. The molecule has 4 heteroatoms. The molecule has 0 spiro atoms. The van der Waals surface area contributed by atoms with Gasteiger partial charge in [-0.1, -0.05) is 54.2 Å². The first kappa shape index (κ1) is 15.2. The molecule has 0 fully saturated rings. The molecular weight excluding hydrogens is 306 g/mol. The molecule has 0 radical (unpaired) electrons. The van der Waals surface area contributed by atoms with Gasteiger partial charge in [0.2, 0.25) is 0 Å². The van der Waals surface area contributed by atoms with Crippen molar-refractivity contribution < 1.29 is 9.53 Å². The third-order valence-electron chi connectivity index (χ3n) is 3.19. The first-order chi connectivity index (χ1) is 11.2. The monoisotopic (exact) mass is 321 g/mol. The van der Waals surface area contributed by atoms with Crippen molar-refractivity contribution in [2.45, 2.75) is 9.79 Å². The highest BCUT2D eigenvalue weighted by Crippen LogP contribution is 2.37. The summed E-state index contributed by atoms with van der Waals surface area (Å²) in [5, 5.41) is 0. The molecule has 0 atom stereocenters. The van der Waals surface area contributed by atoms with Crippen LogP contribution in [0.2, 0.25) is 0 Å². The van der Waals surface area contributed by atoms with Crippen LogP contribution >= 0.6 is 11.8 Å². The van der Waals surface area contributed by atoms with Gasteiger partial charge in [0.25, 0.3) is 5.91 Å². The summed E-state index contributed by atoms with van der Waals surface area (Å²) in [6.45, 7) is 0. The number of para-hydroxylation sites is 2. The minimum Gasteiger partial charge on any atom is -0.455 e. The number of carbonyl (C=O) groups is 1. The lowest BCUT2D eigenvalue weighted by atomic mass is 10.2. The fraction of sp³-hybridized carbons (Fsp3) is 0. The normalized spacial score (nSPS) is 10.3. The quantitative estimate of drug-likeness (QED) is 0.739. The molecule has 0 saturated heterocycles. The van der Waals surface area contributed by atoms with E-state index in [0.29, 0.717) is 17.1 Å². The summed E-state index contributed by atoms with van der Waals surface area (Å²) in [7, 11) is 0. The number of hydrogen-bond donors (Lipinski definition) is 1. The van der Waals surface area contributed by atoms with Gasteiger partial charge in [-0.25, -0.2) is 0 Å². The second-order valence-electron chi connectivity index (χ2n) is 4.82. The van der Waals surface area contributed by atoms with E-state index >= 15 is 0 Å². The number of carbonyl (C=O) groups excluding carboxylic acids is 1. The first-order valence-corrected chi connectivity index (χ1v) is 7.94. The van der Waals surface area contributed by atoms with E-state index in [2.05, 4.69) is 0 Å². The molecule has 3 aromatic carbocycles. The van der Waals surface area contributed by atoms with E-state index in [9.17, 15) is 4.79 Å². The molecule has 0 aliphatic heterocycles. The van der Waals surface area contributed by atoms with Gasteiger partial charge in [0.1, 0.15) is 11.5 Å². The minimum atomic E-state index is -0.506. The van der Waals surface area contributed by atoms with Crippen LogP contribution in [0.5, 0.6) is 11.5 Å². The Morgan fingerprint density at radius 2 is 1.39 bits per heavy atom. The maximum absolute atomic E-state index is 11.5. The van der Waals surface area contributed by atoms with Gasteiger partial charge in [-0.2, -0.15) is 0 Å². The highest BCUT2D eigenvalue weighted by Gasteiger charge is 2.12. The predicted molar refractivity (Wildman–Crippen MR) is 92.0 cm³/mol. The maximum atomic E-state index is 11.5. The van der Waals surface area contributed by atoms with E-state index in [1.807, 2.05) is 60.7 Å². The van der Waals surface area contributed by atoms with Crippen molar-refractivity contribution in [1.82, 2.24) is 0 Å². The Hall–Kier alpha value is -2.72. The summed E-state index contributed by atoms with van der Waals surface area (Å²) in [6.07, 6.45) is 0. The van der Waals surface area contributed by atoms with Crippen LogP contribution in [0, 0.1) is 0 Å². The standard InChI is InChI=1S/C19H15NO2S/c20-19(21)15-10-4-5-11-16(15)22-17-12-6-7-13-18(17)23-14-8-2-1-3-9-14/h1-13H,(H2,20,21). The summed E-state index contributed by atoms with van der Waals surface area (Å²) in [6, 6.07) is 24.7. The lowest BCUT2D eigenvalue weighted by Gasteiger charge is -2.12. The minimum absolute atomic E-state index is 0.368. The lowest BCUT2D eigenvalue weighted by Crippen LogP contribution is -2.12. The van der Waals surface area contributed by atoms with Gasteiger partial charge in [0, 0.05) is 4.90 Å². The van der Waals surface area contributed by atoms with Gasteiger partial charge in [0.15, 0.2) is 0 Å². The van der Waals surface area contributed by atoms with Crippen molar-refractivity contribution in [2.75, 3.05) is 0 Å². The lowest BCUT2D eigenvalue weighted by molar-refractivity contribution is 0.0998. The van der Waals surface area contributed by atoms with E-state index in [1.165, 1.54) is 0 Å². The smallest absolute Gasteiger partial charge is 0.252 e. The highest BCUT2D eigenvalue weighted by molar-refractivity contribution is 7.99. The van der Waals surface area contributed by atoms with E-state index in [1.54, 1.807) is 30.0 Å². The molecule has 3 nitrogen and oxygen atoms in total. The fourth-order valence-corrected chi connectivity index (χ4v) is 3.02. The number of primary amides is 1. The fourth-order valence-electron chi connectivity index (χ4n) is 2.11. The van der Waals surface area contributed by atoms with Crippen LogP contribution in [0.3, 0.4) is 0 Å². The highest BCUT2D eigenvalue weighted by atomic mass is 32.2. The molecule has 1 amide bonds. The summed E-state index contributed by atoms with van der Waals surface area (Å²) in [5.41, 5.74) is 5.77. The average Bonchev–Trinajstić information content (AvgIpc) is 2.58. The Bertz CT molecular complexity index is 818. The van der Waals surface area contributed by atoms with Gasteiger partial charge < -0.3 is 10.5 Å². The van der Waals surface area contributed by atoms with Crippen LogP contribution in [-0.2, 0) is 0 Å². The zero-order valence-corrected chi connectivity index (χ0v) is 13.1. The Morgan fingerprint density at radius 3 is 2.13 bits per heavy atom. The summed E-state index contributed by atoms with van der Waals surface area (Å²) >= 11 is 1.61. The molecule has 0 heterocycles. The van der Waals surface area contributed by atoms with Crippen LogP contribution in [0.1, 0.15) is 10.4 Å². The average molecular weight is 321 g/mol. The third kappa shape index (κ3) is 3.73. The molecule has 114 valence electrons. The van der Waals surface area contributed by atoms with E-state index in [0.717, 1.165) is 9.79 Å². The topological polar surface area (TPSA) is 52.3 Å². The number of nitrogens with two attached hydrogens (primary N) is 1. The molecule has 0 aliphatic carbocycles. The molecule has 0 bridgehead atoms. The van der Waals surface area contributed by atoms with Crippen LogP contribution in [0.4, 0.5) is 0 Å². The van der Waals surface area contributed by atoms with Crippen LogP contribution in [0.15, 0.2) is 88.7 Å². The Balaban J connectivity index is 1.91. The van der Waals surface area contributed by atoms with Crippen molar-refractivity contribution in [3.8, 4) is 11.5 Å². The SMILES string of the molecule is NC(=O)c1ccccc1Oc1ccccc1Sc1ccccc1. The third-order valence-corrected chi connectivity index (χ3v) is 4.26. The summed E-state index contributed by atoms with van der Waals surface area (Å²) in [5.74, 6) is 0.643. The molecule has 2 N–H and O–H groups in total. The molecule has 23 heavy (non-hydrogen) atoms. The predicted octanol–water partition coefficient (Wildman–Crippen LogP) is 4.73. The molecule has 0 unspecified atom stereocenters. The van der Waals surface area contributed by atoms with Gasteiger partial charge in [-0.05, 0) is 36.4 Å². The molecule has 3 aromatic rings. The Morgan fingerprint density at radius 1 is 0.783 bits per heavy atom. The Kier molecular flexibility index (Phi) is 4.64. The van der Waals surface area contributed by atoms with Gasteiger partial charge >= 0.3 is 0 Å². The molecule has 0 aliphatic rings. The number of hydrogen-bond acceptors (Lipinski definition) is 3. The number of amides is 1. The number of ether oxygens (including phenoxy) is 1. The largest absolute Gasteiger partial charge is 0.455 e. The summed E-state index contributed by atoms with van der Waals surface area (Å²) < 4.78 is 5.95.